The van der Waals surface area contributed by atoms with E-state index in [9.17, 15) is 5.11 Å². The van der Waals surface area contributed by atoms with Crippen molar-refractivity contribution in [3.05, 3.63) is 35.9 Å². The van der Waals surface area contributed by atoms with Gasteiger partial charge in [-0.1, -0.05) is 30.3 Å². The number of methoxy groups -OCH3 is 1. The van der Waals surface area contributed by atoms with Crippen molar-refractivity contribution in [1.82, 2.24) is 0 Å². The summed E-state index contributed by atoms with van der Waals surface area (Å²) in [4.78, 5) is 0. The van der Waals surface area contributed by atoms with Crippen molar-refractivity contribution >= 4 is 0 Å². The molecule has 0 amide bonds. The molecule has 5 heteroatoms. The number of aliphatic hydroxyl groups excluding tert-OH is 1. The molecule has 108 valence electrons. The first kappa shape index (κ1) is 16.1. The molecule has 0 fully saturated rings. The molecule has 1 aromatic rings. The Balaban J connectivity index is 2.09. The van der Waals surface area contributed by atoms with Gasteiger partial charge in [-0.25, -0.2) is 0 Å². The van der Waals surface area contributed by atoms with Crippen LogP contribution in [0, 0.1) is 0 Å². The van der Waals surface area contributed by atoms with Crippen molar-refractivity contribution in [3.63, 3.8) is 0 Å². The van der Waals surface area contributed by atoms with E-state index in [1.54, 1.807) is 7.11 Å². The molecular weight excluding hydrogens is 248 g/mol. The van der Waals surface area contributed by atoms with Gasteiger partial charge in [-0.05, 0) is 5.56 Å². The van der Waals surface area contributed by atoms with Crippen molar-refractivity contribution in [1.29, 1.82) is 0 Å². The van der Waals surface area contributed by atoms with Crippen LogP contribution < -0.4 is 0 Å². The van der Waals surface area contributed by atoms with Gasteiger partial charge in [0.2, 0.25) is 0 Å². The second kappa shape index (κ2) is 10.9. The van der Waals surface area contributed by atoms with E-state index in [1.807, 2.05) is 30.3 Å². The van der Waals surface area contributed by atoms with E-state index in [1.165, 1.54) is 0 Å². The fourth-order valence-electron chi connectivity index (χ4n) is 1.38. The molecule has 0 spiro atoms. The number of hydrogen-bond acceptors (Lipinski definition) is 5. The van der Waals surface area contributed by atoms with Crippen LogP contribution >= 0.6 is 0 Å². The van der Waals surface area contributed by atoms with E-state index in [-0.39, 0.29) is 19.5 Å². The van der Waals surface area contributed by atoms with Gasteiger partial charge in [-0.3, -0.25) is 0 Å². The van der Waals surface area contributed by atoms with E-state index >= 15 is 0 Å². The smallest absolute Gasteiger partial charge is 0.146 e. The zero-order valence-corrected chi connectivity index (χ0v) is 11.3. The molecule has 5 nitrogen and oxygen atoms in total. The summed E-state index contributed by atoms with van der Waals surface area (Å²) in [6.45, 7) is 1.89. The van der Waals surface area contributed by atoms with Crippen molar-refractivity contribution in [2.75, 3.05) is 40.3 Å². The maximum absolute atomic E-state index is 9.18. The van der Waals surface area contributed by atoms with E-state index < -0.39 is 0 Å². The van der Waals surface area contributed by atoms with Crippen LogP contribution in [-0.4, -0.2) is 51.5 Å². The molecule has 0 aliphatic heterocycles. The number of benzene rings is 1. The minimum absolute atomic E-state index is 0.0785. The zero-order valence-electron chi connectivity index (χ0n) is 11.3. The van der Waals surface area contributed by atoms with Gasteiger partial charge in [-0.15, -0.1) is 0 Å². The first-order valence-corrected chi connectivity index (χ1v) is 6.27. The monoisotopic (exact) mass is 270 g/mol. The third kappa shape index (κ3) is 7.92. The summed E-state index contributed by atoms with van der Waals surface area (Å²) < 4.78 is 20.8. The molecule has 1 N–H and O–H groups in total. The lowest BCUT2D eigenvalue weighted by Gasteiger charge is -2.15. The fraction of sp³-hybridized carbons (Fsp3) is 0.571. The Morgan fingerprint density at radius 3 is 2.58 bits per heavy atom. The topological polar surface area (TPSA) is 57.2 Å². The standard InChI is InChI=1S/C14H22O5/c1-16-7-8-17-12-18-11-14(9-15)19-10-13-5-3-2-4-6-13/h2-6,14-15H,7-12H2,1H3. The molecule has 1 rings (SSSR count). The quantitative estimate of drug-likeness (QED) is 0.484. The maximum Gasteiger partial charge on any atom is 0.146 e. The molecule has 0 radical (unpaired) electrons. The van der Waals surface area contributed by atoms with Crippen LogP contribution in [0.25, 0.3) is 0 Å². The molecule has 0 aromatic heterocycles. The van der Waals surface area contributed by atoms with Crippen LogP contribution in [0.15, 0.2) is 30.3 Å². The third-order valence-electron chi connectivity index (χ3n) is 2.43. The van der Waals surface area contributed by atoms with Gasteiger partial charge in [-0.2, -0.15) is 0 Å². The van der Waals surface area contributed by atoms with Crippen LogP contribution in [0.2, 0.25) is 0 Å². The van der Waals surface area contributed by atoms with Crippen LogP contribution in [0.1, 0.15) is 5.56 Å². The molecular formula is C14H22O5. The van der Waals surface area contributed by atoms with E-state index in [0.29, 0.717) is 26.4 Å². The van der Waals surface area contributed by atoms with Gasteiger partial charge in [0, 0.05) is 7.11 Å². The van der Waals surface area contributed by atoms with Gasteiger partial charge in [0.15, 0.2) is 0 Å². The van der Waals surface area contributed by atoms with Crippen molar-refractivity contribution in [3.8, 4) is 0 Å². The second-order valence-corrected chi connectivity index (χ2v) is 3.99. The predicted molar refractivity (Wildman–Crippen MR) is 70.8 cm³/mol. The van der Waals surface area contributed by atoms with Crippen molar-refractivity contribution in [2.24, 2.45) is 0 Å². The molecule has 0 aliphatic rings. The lowest BCUT2D eigenvalue weighted by atomic mass is 10.2. The summed E-state index contributed by atoms with van der Waals surface area (Å²) in [5.41, 5.74) is 1.07. The molecule has 1 atom stereocenters. The van der Waals surface area contributed by atoms with Crippen molar-refractivity contribution in [2.45, 2.75) is 12.7 Å². The highest BCUT2D eigenvalue weighted by molar-refractivity contribution is 5.13. The Hall–Kier alpha value is -0.980. The Morgan fingerprint density at radius 1 is 1.11 bits per heavy atom. The Labute approximate surface area is 114 Å². The molecule has 0 aliphatic carbocycles. The molecule has 1 aromatic carbocycles. The molecule has 19 heavy (non-hydrogen) atoms. The summed E-state index contributed by atoms with van der Waals surface area (Å²) in [5, 5.41) is 9.18. The van der Waals surface area contributed by atoms with E-state index in [0.717, 1.165) is 5.56 Å². The van der Waals surface area contributed by atoms with Crippen LogP contribution in [0.4, 0.5) is 0 Å². The lowest BCUT2D eigenvalue weighted by molar-refractivity contribution is -0.110. The summed E-state index contributed by atoms with van der Waals surface area (Å²) in [6.07, 6.45) is -0.341. The van der Waals surface area contributed by atoms with Crippen LogP contribution in [-0.2, 0) is 25.6 Å². The Morgan fingerprint density at radius 2 is 1.89 bits per heavy atom. The average Bonchev–Trinajstić information content (AvgIpc) is 2.47. The first-order valence-electron chi connectivity index (χ1n) is 6.27. The summed E-state index contributed by atoms with van der Waals surface area (Å²) in [7, 11) is 1.61. The third-order valence-corrected chi connectivity index (χ3v) is 2.43. The second-order valence-electron chi connectivity index (χ2n) is 3.99. The van der Waals surface area contributed by atoms with Crippen molar-refractivity contribution < 1.29 is 24.1 Å². The first-order chi connectivity index (χ1) is 9.36. The highest BCUT2D eigenvalue weighted by atomic mass is 16.7. The highest BCUT2D eigenvalue weighted by Gasteiger charge is 2.08. The van der Waals surface area contributed by atoms with Gasteiger partial charge in [0.1, 0.15) is 12.9 Å². The predicted octanol–water partition coefficient (Wildman–Crippen LogP) is 1.20. The van der Waals surface area contributed by atoms with Gasteiger partial charge in [0.25, 0.3) is 0 Å². The lowest BCUT2D eigenvalue weighted by Crippen LogP contribution is -2.24. The molecule has 0 bridgehead atoms. The van der Waals surface area contributed by atoms with Crippen LogP contribution in [0.3, 0.4) is 0 Å². The molecule has 0 saturated heterocycles. The fourth-order valence-corrected chi connectivity index (χ4v) is 1.38. The van der Waals surface area contributed by atoms with Gasteiger partial charge in [0.05, 0.1) is 33.0 Å². The van der Waals surface area contributed by atoms with E-state index in [4.69, 9.17) is 18.9 Å². The SMILES string of the molecule is COCCOCOCC(CO)OCc1ccccc1. The highest BCUT2D eigenvalue weighted by Crippen LogP contribution is 2.03. The average molecular weight is 270 g/mol. The van der Waals surface area contributed by atoms with Crippen LogP contribution in [0.5, 0.6) is 0 Å². The number of ether oxygens (including phenoxy) is 4. The molecule has 0 heterocycles. The zero-order chi connectivity index (χ0) is 13.8. The Bertz CT molecular complexity index is 304. The van der Waals surface area contributed by atoms with Gasteiger partial charge < -0.3 is 24.1 Å². The maximum atomic E-state index is 9.18. The summed E-state index contributed by atoms with van der Waals surface area (Å²) >= 11 is 0. The number of hydrogen-bond donors (Lipinski definition) is 1. The minimum Gasteiger partial charge on any atom is -0.394 e. The van der Waals surface area contributed by atoms with E-state index in [2.05, 4.69) is 0 Å². The largest absolute Gasteiger partial charge is 0.394 e. The molecule has 0 saturated carbocycles. The summed E-state index contributed by atoms with van der Waals surface area (Å²) in [5.74, 6) is 0. The minimum atomic E-state index is -0.341. The normalized spacial score (nSPS) is 12.5. The summed E-state index contributed by atoms with van der Waals surface area (Å²) in [6, 6.07) is 9.80. The Kier molecular flexibility index (Phi) is 9.22. The number of rotatable bonds is 11. The van der Waals surface area contributed by atoms with Gasteiger partial charge >= 0.3 is 0 Å². The molecule has 1 unspecified atom stereocenters. The number of aliphatic hydroxyl groups is 1.